The van der Waals surface area contributed by atoms with Crippen molar-refractivity contribution in [3.63, 3.8) is 0 Å². The summed E-state index contributed by atoms with van der Waals surface area (Å²) in [4.78, 5) is 41.0. The average Bonchev–Trinajstić information content (AvgIpc) is 2.92. The van der Waals surface area contributed by atoms with E-state index in [0.717, 1.165) is 12.8 Å². The number of fused-ring (bicyclic) bond motifs is 1. The SMILES string of the molecule is CCC[C@@H]1C=C[C@H]2[C@@H](C(=O)N(CCCCO)[C@@H]2C(=O)NC(C)(C)C)[C@@H]1C(=O)NC. The number of nitrogens with zero attached hydrogens (tertiary/aromatic N) is 1. The molecular formula is C22H37N3O4. The predicted octanol–water partition coefficient (Wildman–Crippen LogP) is 1.47. The van der Waals surface area contributed by atoms with Crippen molar-refractivity contribution in [3.05, 3.63) is 12.2 Å². The van der Waals surface area contributed by atoms with Crippen LogP contribution in [0.15, 0.2) is 12.2 Å². The van der Waals surface area contributed by atoms with Gasteiger partial charge in [-0.1, -0.05) is 25.5 Å². The first-order valence-electron chi connectivity index (χ1n) is 10.8. The van der Waals surface area contributed by atoms with E-state index >= 15 is 0 Å². The van der Waals surface area contributed by atoms with E-state index in [1.54, 1.807) is 11.9 Å². The van der Waals surface area contributed by atoms with E-state index in [1.165, 1.54) is 0 Å². The molecule has 0 aromatic rings. The van der Waals surface area contributed by atoms with Gasteiger partial charge in [0.15, 0.2) is 0 Å². The van der Waals surface area contributed by atoms with Crippen molar-refractivity contribution in [1.82, 2.24) is 15.5 Å². The number of hydrogen-bond donors (Lipinski definition) is 3. The molecule has 1 aliphatic heterocycles. The van der Waals surface area contributed by atoms with Gasteiger partial charge in [-0.05, 0) is 46.0 Å². The molecule has 1 fully saturated rings. The van der Waals surface area contributed by atoms with Crippen molar-refractivity contribution in [2.45, 2.75) is 65.0 Å². The van der Waals surface area contributed by atoms with Gasteiger partial charge in [0.25, 0.3) is 0 Å². The van der Waals surface area contributed by atoms with E-state index in [-0.39, 0.29) is 36.2 Å². The highest BCUT2D eigenvalue weighted by atomic mass is 16.3. The van der Waals surface area contributed by atoms with E-state index < -0.39 is 23.4 Å². The predicted molar refractivity (Wildman–Crippen MR) is 112 cm³/mol. The Morgan fingerprint density at radius 2 is 1.86 bits per heavy atom. The fourth-order valence-corrected chi connectivity index (χ4v) is 4.71. The first-order valence-corrected chi connectivity index (χ1v) is 10.8. The Bertz CT molecular complexity index is 640. The second-order valence-electron chi connectivity index (χ2n) is 9.23. The van der Waals surface area contributed by atoms with Gasteiger partial charge in [0, 0.05) is 31.7 Å². The van der Waals surface area contributed by atoms with Crippen molar-refractivity contribution in [3.8, 4) is 0 Å². The number of likely N-dealkylation sites (tertiary alicyclic amines) is 1. The number of allylic oxidation sites excluding steroid dienone is 1. The molecule has 1 heterocycles. The molecule has 0 spiro atoms. The first kappa shape index (κ1) is 23.4. The molecule has 29 heavy (non-hydrogen) atoms. The Hall–Kier alpha value is -1.89. The number of aliphatic hydroxyl groups is 1. The lowest BCUT2D eigenvalue weighted by atomic mass is 9.68. The summed E-state index contributed by atoms with van der Waals surface area (Å²) in [6, 6.07) is -0.628. The Morgan fingerprint density at radius 3 is 2.41 bits per heavy atom. The maximum atomic E-state index is 13.5. The van der Waals surface area contributed by atoms with Crippen LogP contribution in [0.2, 0.25) is 0 Å². The van der Waals surface area contributed by atoms with Crippen LogP contribution in [0.25, 0.3) is 0 Å². The molecule has 0 saturated carbocycles. The number of hydrogen-bond acceptors (Lipinski definition) is 4. The highest BCUT2D eigenvalue weighted by molar-refractivity contribution is 5.96. The van der Waals surface area contributed by atoms with Crippen molar-refractivity contribution in [2.24, 2.45) is 23.7 Å². The van der Waals surface area contributed by atoms with E-state index in [2.05, 4.69) is 17.6 Å². The van der Waals surface area contributed by atoms with Gasteiger partial charge >= 0.3 is 0 Å². The van der Waals surface area contributed by atoms with Gasteiger partial charge in [-0.25, -0.2) is 0 Å². The lowest BCUT2D eigenvalue weighted by Gasteiger charge is -2.34. The molecule has 7 nitrogen and oxygen atoms in total. The van der Waals surface area contributed by atoms with E-state index in [4.69, 9.17) is 5.11 Å². The number of aliphatic hydroxyl groups excluding tert-OH is 1. The zero-order valence-electron chi connectivity index (χ0n) is 18.4. The van der Waals surface area contributed by atoms with Crippen LogP contribution >= 0.6 is 0 Å². The minimum Gasteiger partial charge on any atom is -0.396 e. The summed E-state index contributed by atoms with van der Waals surface area (Å²) >= 11 is 0. The molecule has 2 aliphatic rings. The number of carbonyl (C=O) groups excluding carboxylic acids is 3. The molecule has 3 N–H and O–H groups in total. The second-order valence-corrected chi connectivity index (χ2v) is 9.23. The van der Waals surface area contributed by atoms with Gasteiger partial charge in [-0.15, -0.1) is 0 Å². The van der Waals surface area contributed by atoms with Gasteiger partial charge in [-0.3, -0.25) is 14.4 Å². The number of amides is 3. The van der Waals surface area contributed by atoms with E-state index in [1.807, 2.05) is 32.9 Å². The summed E-state index contributed by atoms with van der Waals surface area (Å²) in [5, 5.41) is 14.9. The van der Waals surface area contributed by atoms with Crippen molar-refractivity contribution in [1.29, 1.82) is 0 Å². The van der Waals surface area contributed by atoms with Crippen LogP contribution in [0.1, 0.15) is 53.4 Å². The van der Waals surface area contributed by atoms with Crippen molar-refractivity contribution in [2.75, 3.05) is 20.2 Å². The molecule has 0 aromatic heterocycles. The van der Waals surface area contributed by atoms with Crippen molar-refractivity contribution >= 4 is 17.7 Å². The quantitative estimate of drug-likeness (QED) is 0.419. The zero-order valence-corrected chi connectivity index (χ0v) is 18.4. The molecular weight excluding hydrogens is 370 g/mol. The Morgan fingerprint density at radius 1 is 1.17 bits per heavy atom. The smallest absolute Gasteiger partial charge is 0.243 e. The maximum absolute atomic E-state index is 13.5. The van der Waals surface area contributed by atoms with Crippen LogP contribution in [0.4, 0.5) is 0 Å². The monoisotopic (exact) mass is 407 g/mol. The van der Waals surface area contributed by atoms with Crippen molar-refractivity contribution < 1.29 is 19.5 Å². The van der Waals surface area contributed by atoms with Gasteiger partial charge in [0.05, 0.1) is 11.8 Å². The minimum atomic E-state index is -0.628. The number of rotatable bonds is 8. The second kappa shape index (κ2) is 9.74. The van der Waals surface area contributed by atoms with Crippen LogP contribution in [0, 0.1) is 23.7 Å². The van der Waals surface area contributed by atoms with Gasteiger partial charge in [0.2, 0.25) is 17.7 Å². The summed E-state index contributed by atoms with van der Waals surface area (Å²) in [5.74, 6) is -1.76. The zero-order chi connectivity index (χ0) is 21.8. The lowest BCUT2D eigenvalue weighted by molar-refractivity contribution is -0.141. The minimum absolute atomic E-state index is 0.00568. The van der Waals surface area contributed by atoms with Crippen LogP contribution < -0.4 is 10.6 Å². The van der Waals surface area contributed by atoms with Crippen LogP contribution in [0.3, 0.4) is 0 Å². The molecule has 0 radical (unpaired) electrons. The average molecular weight is 408 g/mol. The summed E-state index contributed by atoms with van der Waals surface area (Å²) in [6.45, 7) is 8.26. The normalized spacial score (nSPS) is 29.0. The highest BCUT2D eigenvalue weighted by Gasteiger charge is 2.56. The fraction of sp³-hybridized carbons (Fsp3) is 0.773. The highest BCUT2D eigenvalue weighted by Crippen LogP contribution is 2.45. The van der Waals surface area contributed by atoms with E-state index in [0.29, 0.717) is 19.4 Å². The van der Waals surface area contributed by atoms with E-state index in [9.17, 15) is 14.4 Å². The topological polar surface area (TPSA) is 98.7 Å². The number of unbranched alkanes of at least 4 members (excludes halogenated alkanes) is 1. The third-order valence-electron chi connectivity index (χ3n) is 5.86. The summed E-state index contributed by atoms with van der Waals surface area (Å²) in [6.07, 6.45) is 6.96. The Kier molecular flexibility index (Phi) is 7.86. The third-order valence-corrected chi connectivity index (χ3v) is 5.86. The van der Waals surface area contributed by atoms with Gasteiger partial charge in [-0.2, -0.15) is 0 Å². The molecule has 3 amide bonds. The summed E-state index contributed by atoms with van der Waals surface area (Å²) < 4.78 is 0. The van der Waals surface area contributed by atoms with Gasteiger partial charge in [0.1, 0.15) is 6.04 Å². The third kappa shape index (κ3) is 5.18. The molecule has 1 aliphatic carbocycles. The summed E-state index contributed by atoms with van der Waals surface area (Å²) in [7, 11) is 1.60. The molecule has 0 aromatic carbocycles. The molecule has 0 unspecified atom stereocenters. The standard InChI is InChI=1S/C22H37N3O4/c1-6-9-14-10-11-15-17(16(14)19(27)23-5)21(29)25(12-7-8-13-26)18(15)20(28)24-22(2,3)4/h10-11,14-18,26H,6-9,12-13H2,1-5H3,(H,23,27)(H,24,28)/t14-,15+,16-,17-,18+/m1/s1. The largest absolute Gasteiger partial charge is 0.396 e. The Balaban J connectivity index is 2.42. The lowest BCUT2D eigenvalue weighted by Crippen LogP contribution is -2.52. The first-order chi connectivity index (χ1) is 13.7. The van der Waals surface area contributed by atoms with Crippen LogP contribution in [-0.4, -0.2) is 59.5 Å². The Labute approximate surface area is 174 Å². The van der Waals surface area contributed by atoms with Crippen LogP contribution in [0.5, 0.6) is 0 Å². The number of carbonyl (C=O) groups is 3. The molecule has 7 heteroatoms. The fourth-order valence-electron chi connectivity index (χ4n) is 4.71. The molecule has 1 saturated heterocycles. The van der Waals surface area contributed by atoms with Crippen LogP contribution in [-0.2, 0) is 14.4 Å². The van der Waals surface area contributed by atoms with Gasteiger partial charge < -0.3 is 20.6 Å². The maximum Gasteiger partial charge on any atom is 0.243 e. The number of nitrogens with one attached hydrogen (secondary N) is 2. The molecule has 2 rings (SSSR count). The molecule has 0 bridgehead atoms. The molecule has 164 valence electrons. The molecule has 5 atom stereocenters. The summed E-state index contributed by atoms with van der Waals surface area (Å²) in [5.41, 5.74) is -0.418.